The number of benzene rings is 2. The summed E-state index contributed by atoms with van der Waals surface area (Å²) in [6.07, 6.45) is 2.95. The summed E-state index contributed by atoms with van der Waals surface area (Å²) in [5, 5.41) is 5.37. The fourth-order valence-corrected chi connectivity index (χ4v) is 5.39. The van der Waals surface area contributed by atoms with Gasteiger partial charge in [-0.05, 0) is 61.7 Å². The first-order valence-corrected chi connectivity index (χ1v) is 12.5. The number of halogens is 1. The number of piperidine rings is 2. The van der Waals surface area contributed by atoms with Crippen molar-refractivity contribution in [1.29, 1.82) is 0 Å². The Labute approximate surface area is 205 Å². The monoisotopic (exact) mass is 480 g/mol. The molecule has 0 spiro atoms. The Morgan fingerprint density at radius 3 is 2.26 bits per heavy atom. The average molecular weight is 481 g/mol. The van der Waals surface area contributed by atoms with Crippen molar-refractivity contribution in [1.82, 2.24) is 10.2 Å². The van der Waals surface area contributed by atoms with Crippen LogP contribution in [0.15, 0.2) is 42.5 Å². The zero-order chi connectivity index (χ0) is 24.4. The fraction of sp³-hybridized carbons (Fsp3) is 0.462. The molecule has 1 atom stereocenters. The summed E-state index contributed by atoms with van der Waals surface area (Å²) >= 11 is 0. The van der Waals surface area contributed by atoms with Gasteiger partial charge in [0.05, 0.1) is 5.69 Å². The van der Waals surface area contributed by atoms with E-state index in [2.05, 4.69) is 37.5 Å². The summed E-state index contributed by atoms with van der Waals surface area (Å²) in [5.74, 6) is -0.921. The number of carbonyl (C=O) groups excluding carboxylic acids is 2. The summed E-state index contributed by atoms with van der Waals surface area (Å²) in [6, 6.07) is 13.2. The second-order valence-corrected chi connectivity index (χ2v) is 9.65. The number of imide groups is 1. The lowest BCUT2D eigenvalue weighted by Gasteiger charge is -2.44. The minimum atomic E-state index is -0.520. The molecule has 186 valence electrons. The molecule has 35 heavy (non-hydrogen) atoms. The minimum absolute atomic E-state index is 0.263. The van der Waals surface area contributed by atoms with E-state index < -0.39 is 6.04 Å². The molecule has 0 saturated carbocycles. The zero-order valence-electron chi connectivity index (χ0n) is 19.9. The van der Waals surface area contributed by atoms with Gasteiger partial charge < -0.3 is 20.9 Å². The molecule has 4 N–H and O–H groups in total. The van der Waals surface area contributed by atoms with E-state index in [9.17, 15) is 14.0 Å². The Hall–Kier alpha value is -3.33. The number of rotatable bonds is 5. The highest BCUT2D eigenvalue weighted by Gasteiger charge is 2.29. The highest BCUT2D eigenvalue weighted by Crippen LogP contribution is 2.28. The number of piperazine rings is 1. The Morgan fingerprint density at radius 2 is 1.60 bits per heavy atom. The van der Waals surface area contributed by atoms with E-state index in [1.165, 1.54) is 11.8 Å². The van der Waals surface area contributed by atoms with E-state index in [4.69, 9.17) is 5.73 Å². The predicted octanol–water partition coefficient (Wildman–Crippen LogP) is 2.42. The Balaban J connectivity index is 1.12. The normalized spacial score (nSPS) is 22.3. The lowest BCUT2D eigenvalue weighted by Crippen LogP contribution is -2.53. The van der Waals surface area contributed by atoms with Crippen LogP contribution in [0, 0.1) is 5.82 Å². The number of hydrogen-bond acceptors (Lipinski definition) is 7. The zero-order valence-corrected chi connectivity index (χ0v) is 19.9. The third-order valence-electron chi connectivity index (χ3n) is 7.42. The van der Waals surface area contributed by atoms with Crippen LogP contribution in [-0.2, 0) is 9.59 Å². The molecular formula is C26H33FN6O2. The van der Waals surface area contributed by atoms with Crippen molar-refractivity contribution in [3.05, 3.63) is 48.3 Å². The first kappa shape index (κ1) is 23.4. The highest BCUT2D eigenvalue weighted by atomic mass is 19.1. The number of amides is 2. The number of nitrogens with zero attached hydrogens (tertiary/aromatic N) is 3. The second-order valence-electron chi connectivity index (χ2n) is 9.65. The van der Waals surface area contributed by atoms with Crippen LogP contribution in [0.4, 0.5) is 27.1 Å². The maximum Gasteiger partial charge on any atom is 0.249 e. The van der Waals surface area contributed by atoms with Gasteiger partial charge in [0.1, 0.15) is 11.9 Å². The van der Waals surface area contributed by atoms with E-state index >= 15 is 0 Å². The SMILES string of the molecule is Nc1ccc(N2CCC(N3CCN(c4ccc(NC5CCC(=O)NC5=O)cc4F)CC3)CC2)cc1. The van der Waals surface area contributed by atoms with Crippen molar-refractivity contribution in [3.8, 4) is 0 Å². The van der Waals surface area contributed by atoms with Gasteiger partial charge in [-0.3, -0.25) is 19.8 Å². The third kappa shape index (κ3) is 5.35. The molecule has 0 radical (unpaired) electrons. The first-order valence-electron chi connectivity index (χ1n) is 12.5. The number of carbonyl (C=O) groups is 2. The van der Waals surface area contributed by atoms with Crippen LogP contribution >= 0.6 is 0 Å². The molecule has 2 aromatic carbocycles. The average Bonchev–Trinajstić information content (AvgIpc) is 2.87. The lowest BCUT2D eigenvalue weighted by molar-refractivity contribution is -0.133. The van der Waals surface area contributed by atoms with Crippen LogP contribution in [0.25, 0.3) is 0 Å². The minimum Gasteiger partial charge on any atom is -0.399 e. The van der Waals surface area contributed by atoms with Crippen LogP contribution in [0.5, 0.6) is 0 Å². The molecule has 1 unspecified atom stereocenters. The third-order valence-corrected chi connectivity index (χ3v) is 7.42. The van der Waals surface area contributed by atoms with Gasteiger partial charge in [0.2, 0.25) is 11.8 Å². The van der Waals surface area contributed by atoms with Crippen molar-refractivity contribution in [3.63, 3.8) is 0 Å². The molecule has 3 aliphatic rings. The maximum atomic E-state index is 15.0. The van der Waals surface area contributed by atoms with Crippen LogP contribution in [-0.4, -0.2) is 68.1 Å². The molecular weight excluding hydrogens is 447 g/mol. The fourth-order valence-electron chi connectivity index (χ4n) is 5.39. The van der Waals surface area contributed by atoms with Gasteiger partial charge in [0.25, 0.3) is 0 Å². The summed E-state index contributed by atoms with van der Waals surface area (Å²) < 4.78 is 15.0. The van der Waals surface area contributed by atoms with E-state index in [1.807, 2.05) is 12.1 Å². The predicted molar refractivity (Wildman–Crippen MR) is 136 cm³/mol. The Kier molecular flexibility index (Phi) is 6.77. The number of anilines is 4. The lowest BCUT2D eigenvalue weighted by atomic mass is 10.0. The molecule has 3 aliphatic heterocycles. The molecule has 3 saturated heterocycles. The number of nitrogens with one attached hydrogen (secondary N) is 2. The molecule has 3 heterocycles. The Bertz CT molecular complexity index is 1060. The van der Waals surface area contributed by atoms with Crippen LogP contribution in [0.1, 0.15) is 25.7 Å². The number of nitrogens with two attached hydrogens (primary N) is 1. The van der Waals surface area contributed by atoms with Crippen LogP contribution < -0.4 is 26.2 Å². The summed E-state index contributed by atoms with van der Waals surface area (Å²) in [5.41, 5.74) is 8.97. The van der Waals surface area contributed by atoms with Gasteiger partial charge in [0.15, 0.2) is 0 Å². The number of nitrogen functional groups attached to an aromatic ring is 1. The quantitative estimate of drug-likeness (QED) is 0.447. The van der Waals surface area contributed by atoms with Crippen molar-refractivity contribution in [2.45, 2.75) is 37.8 Å². The molecule has 9 heteroatoms. The summed E-state index contributed by atoms with van der Waals surface area (Å²) in [4.78, 5) is 30.4. The van der Waals surface area contributed by atoms with E-state index in [0.29, 0.717) is 23.8 Å². The topological polar surface area (TPSA) is 93.9 Å². The standard InChI is InChI=1S/C26H33FN6O2/c27-22-17-19(29-23-6-8-25(34)30-26(23)35)3-7-24(22)33-15-13-32(14-16-33)21-9-11-31(12-10-21)20-4-1-18(28)2-5-20/h1-5,7,17,21,23,29H,6,8-16,28H2,(H,30,34,35). The van der Waals surface area contributed by atoms with Gasteiger partial charge in [-0.15, -0.1) is 0 Å². The molecule has 0 aromatic heterocycles. The van der Waals surface area contributed by atoms with Gasteiger partial charge in [0, 0.05) is 68.8 Å². The van der Waals surface area contributed by atoms with Crippen LogP contribution in [0.2, 0.25) is 0 Å². The van der Waals surface area contributed by atoms with Crippen molar-refractivity contribution in [2.75, 3.05) is 60.1 Å². The van der Waals surface area contributed by atoms with Gasteiger partial charge >= 0.3 is 0 Å². The Morgan fingerprint density at radius 1 is 0.886 bits per heavy atom. The molecule has 2 aromatic rings. The molecule has 2 amide bonds. The van der Waals surface area contributed by atoms with Crippen molar-refractivity contribution < 1.29 is 14.0 Å². The van der Waals surface area contributed by atoms with Crippen molar-refractivity contribution >= 4 is 34.6 Å². The van der Waals surface area contributed by atoms with E-state index in [0.717, 1.165) is 57.8 Å². The van der Waals surface area contributed by atoms with Gasteiger partial charge in [-0.2, -0.15) is 0 Å². The smallest absolute Gasteiger partial charge is 0.249 e. The molecule has 3 fully saturated rings. The summed E-state index contributed by atoms with van der Waals surface area (Å²) in [6.45, 7) is 5.48. The molecule has 0 bridgehead atoms. The van der Waals surface area contributed by atoms with Gasteiger partial charge in [-0.25, -0.2) is 4.39 Å². The summed E-state index contributed by atoms with van der Waals surface area (Å²) in [7, 11) is 0. The molecule has 8 nitrogen and oxygen atoms in total. The molecule has 5 rings (SSSR count). The maximum absolute atomic E-state index is 15.0. The first-order chi connectivity index (χ1) is 17.0. The number of hydrogen-bond donors (Lipinski definition) is 3. The van der Waals surface area contributed by atoms with Crippen LogP contribution in [0.3, 0.4) is 0 Å². The van der Waals surface area contributed by atoms with E-state index in [1.54, 1.807) is 12.1 Å². The van der Waals surface area contributed by atoms with Gasteiger partial charge in [-0.1, -0.05) is 0 Å². The van der Waals surface area contributed by atoms with E-state index in [-0.39, 0.29) is 24.1 Å². The largest absolute Gasteiger partial charge is 0.399 e. The molecule has 0 aliphatic carbocycles. The van der Waals surface area contributed by atoms with Crippen molar-refractivity contribution in [2.24, 2.45) is 0 Å². The second kappa shape index (κ2) is 10.1. The highest BCUT2D eigenvalue weighted by molar-refractivity contribution is 6.01.